The number of hydrogen-bond acceptors (Lipinski definition) is 3. The molecule has 1 aromatic rings. The van der Waals surface area contributed by atoms with Gasteiger partial charge in [0.25, 0.3) is 5.56 Å². The van der Waals surface area contributed by atoms with E-state index in [2.05, 4.69) is 9.88 Å². The molecule has 0 radical (unpaired) electrons. The van der Waals surface area contributed by atoms with Crippen molar-refractivity contribution in [3.8, 4) is 0 Å². The number of rotatable bonds is 3. The second-order valence-corrected chi connectivity index (χ2v) is 6.83. The minimum atomic E-state index is 0.140. The highest BCUT2D eigenvalue weighted by molar-refractivity contribution is 5.12. The lowest BCUT2D eigenvalue weighted by molar-refractivity contribution is 0.127. The molecule has 4 nitrogen and oxygen atoms in total. The number of aromatic nitrogens is 2. The number of piperidine rings is 1. The summed E-state index contributed by atoms with van der Waals surface area (Å²) >= 11 is 0. The van der Waals surface area contributed by atoms with Crippen LogP contribution in [0.4, 0.5) is 0 Å². The average molecular weight is 289 g/mol. The number of likely N-dealkylation sites (tertiary alicyclic amines) is 1. The molecule has 4 heteroatoms. The van der Waals surface area contributed by atoms with Crippen LogP contribution < -0.4 is 5.56 Å². The first-order valence-electron chi connectivity index (χ1n) is 8.42. The zero-order valence-corrected chi connectivity index (χ0v) is 13.3. The van der Waals surface area contributed by atoms with Crippen molar-refractivity contribution in [2.45, 2.75) is 65.0 Å². The maximum Gasteiger partial charge on any atom is 0.256 e. The van der Waals surface area contributed by atoms with Crippen LogP contribution in [0.5, 0.6) is 0 Å². The Kier molecular flexibility index (Phi) is 4.43. The molecule has 1 saturated carbocycles. The molecule has 2 fully saturated rings. The predicted octanol–water partition coefficient (Wildman–Crippen LogP) is 2.51. The van der Waals surface area contributed by atoms with Gasteiger partial charge in [-0.05, 0) is 58.5 Å². The third-order valence-corrected chi connectivity index (χ3v) is 5.46. The maximum atomic E-state index is 12.2. The van der Waals surface area contributed by atoms with Gasteiger partial charge in [-0.2, -0.15) is 0 Å². The Morgan fingerprint density at radius 3 is 2.48 bits per heavy atom. The van der Waals surface area contributed by atoms with Gasteiger partial charge in [-0.1, -0.05) is 12.8 Å². The van der Waals surface area contributed by atoms with E-state index in [-0.39, 0.29) is 5.56 Å². The molecule has 1 aliphatic heterocycles. The fourth-order valence-corrected chi connectivity index (χ4v) is 3.85. The molecule has 0 amide bonds. The van der Waals surface area contributed by atoms with E-state index in [0.29, 0.717) is 5.92 Å². The van der Waals surface area contributed by atoms with Crippen molar-refractivity contribution in [3.05, 3.63) is 27.9 Å². The molecular formula is C17H27N3O. The first kappa shape index (κ1) is 14.8. The van der Waals surface area contributed by atoms with Crippen molar-refractivity contribution < 1.29 is 0 Å². The van der Waals surface area contributed by atoms with Crippen molar-refractivity contribution in [3.63, 3.8) is 0 Å². The summed E-state index contributed by atoms with van der Waals surface area (Å²) in [5, 5.41) is 0. The van der Waals surface area contributed by atoms with Crippen LogP contribution in [-0.2, 0) is 6.54 Å². The molecule has 0 aromatic carbocycles. The fraction of sp³-hybridized carbons (Fsp3) is 0.765. The molecular weight excluding hydrogens is 262 g/mol. The summed E-state index contributed by atoms with van der Waals surface area (Å²) in [6.45, 7) is 7.04. The Bertz CT molecular complexity index is 537. The smallest absolute Gasteiger partial charge is 0.256 e. The summed E-state index contributed by atoms with van der Waals surface area (Å²) in [6.07, 6.45) is 9.78. The van der Waals surface area contributed by atoms with E-state index < -0.39 is 0 Å². The van der Waals surface area contributed by atoms with Gasteiger partial charge in [-0.25, -0.2) is 4.98 Å². The minimum absolute atomic E-state index is 0.140. The summed E-state index contributed by atoms with van der Waals surface area (Å²) in [4.78, 5) is 19.3. The van der Waals surface area contributed by atoms with Gasteiger partial charge in [0.15, 0.2) is 0 Å². The van der Waals surface area contributed by atoms with E-state index in [9.17, 15) is 4.79 Å². The lowest BCUT2D eigenvalue weighted by Crippen LogP contribution is -2.41. The SMILES string of the molecule is Cc1ncn(CC2CCN(C3CCCC3)CC2)c(=O)c1C. The Morgan fingerprint density at radius 1 is 1.14 bits per heavy atom. The van der Waals surface area contributed by atoms with Crippen LogP contribution in [0.3, 0.4) is 0 Å². The van der Waals surface area contributed by atoms with E-state index in [1.54, 1.807) is 6.33 Å². The third-order valence-electron chi connectivity index (χ3n) is 5.46. The van der Waals surface area contributed by atoms with Crippen LogP contribution in [0, 0.1) is 19.8 Å². The standard InChI is InChI=1S/C17H27N3O/c1-13-14(2)18-12-20(17(13)21)11-15-7-9-19(10-8-15)16-5-3-4-6-16/h12,15-16H,3-11H2,1-2H3. The molecule has 0 atom stereocenters. The zero-order valence-electron chi connectivity index (χ0n) is 13.3. The Balaban J connectivity index is 1.58. The molecule has 1 aromatic heterocycles. The van der Waals surface area contributed by atoms with Crippen molar-refractivity contribution in [2.75, 3.05) is 13.1 Å². The van der Waals surface area contributed by atoms with E-state index in [1.165, 1.54) is 51.6 Å². The van der Waals surface area contributed by atoms with Gasteiger partial charge in [-0.3, -0.25) is 9.36 Å². The molecule has 0 bridgehead atoms. The van der Waals surface area contributed by atoms with Gasteiger partial charge in [0.2, 0.25) is 0 Å². The molecule has 2 aliphatic rings. The normalized spacial score (nSPS) is 22.0. The lowest BCUT2D eigenvalue weighted by Gasteiger charge is -2.36. The van der Waals surface area contributed by atoms with Crippen molar-refractivity contribution in [1.82, 2.24) is 14.5 Å². The summed E-state index contributed by atoms with van der Waals surface area (Å²) in [5.41, 5.74) is 1.79. The highest BCUT2D eigenvalue weighted by Crippen LogP contribution is 2.28. The van der Waals surface area contributed by atoms with Gasteiger partial charge < -0.3 is 4.90 Å². The molecule has 1 saturated heterocycles. The summed E-state index contributed by atoms with van der Waals surface area (Å²) in [6, 6.07) is 0.844. The highest BCUT2D eigenvalue weighted by atomic mass is 16.1. The largest absolute Gasteiger partial charge is 0.300 e. The number of aryl methyl sites for hydroxylation is 1. The Morgan fingerprint density at radius 2 is 1.81 bits per heavy atom. The molecule has 2 heterocycles. The topological polar surface area (TPSA) is 38.1 Å². The lowest BCUT2D eigenvalue weighted by atomic mass is 9.95. The fourth-order valence-electron chi connectivity index (χ4n) is 3.85. The van der Waals surface area contributed by atoms with E-state index in [0.717, 1.165) is 23.8 Å². The Hall–Kier alpha value is -1.16. The quantitative estimate of drug-likeness (QED) is 0.858. The number of nitrogens with zero attached hydrogens (tertiary/aromatic N) is 3. The van der Waals surface area contributed by atoms with Gasteiger partial charge in [0.05, 0.1) is 6.33 Å². The van der Waals surface area contributed by atoms with E-state index in [4.69, 9.17) is 0 Å². The van der Waals surface area contributed by atoms with Crippen LogP contribution in [-0.4, -0.2) is 33.6 Å². The predicted molar refractivity (Wildman–Crippen MR) is 84.5 cm³/mol. The first-order valence-corrected chi connectivity index (χ1v) is 8.42. The van der Waals surface area contributed by atoms with Crippen molar-refractivity contribution in [2.24, 2.45) is 5.92 Å². The average Bonchev–Trinajstić information content (AvgIpc) is 3.03. The van der Waals surface area contributed by atoms with Gasteiger partial charge in [0, 0.05) is 23.8 Å². The molecule has 3 rings (SSSR count). The second-order valence-electron chi connectivity index (χ2n) is 6.83. The number of hydrogen-bond donors (Lipinski definition) is 0. The molecule has 0 spiro atoms. The van der Waals surface area contributed by atoms with Crippen LogP contribution in [0.25, 0.3) is 0 Å². The van der Waals surface area contributed by atoms with Crippen LogP contribution >= 0.6 is 0 Å². The summed E-state index contributed by atoms with van der Waals surface area (Å²) in [5.74, 6) is 0.629. The maximum absolute atomic E-state index is 12.2. The summed E-state index contributed by atoms with van der Waals surface area (Å²) in [7, 11) is 0. The molecule has 0 unspecified atom stereocenters. The summed E-state index contributed by atoms with van der Waals surface area (Å²) < 4.78 is 1.82. The van der Waals surface area contributed by atoms with Gasteiger partial charge in [-0.15, -0.1) is 0 Å². The van der Waals surface area contributed by atoms with Gasteiger partial charge in [0.1, 0.15) is 0 Å². The van der Waals surface area contributed by atoms with E-state index >= 15 is 0 Å². The van der Waals surface area contributed by atoms with E-state index in [1.807, 2.05) is 18.4 Å². The molecule has 116 valence electrons. The monoisotopic (exact) mass is 289 g/mol. The van der Waals surface area contributed by atoms with Crippen molar-refractivity contribution >= 4 is 0 Å². The second kappa shape index (κ2) is 6.30. The Labute approximate surface area is 127 Å². The molecule has 0 N–H and O–H groups in total. The minimum Gasteiger partial charge on any atom is -0.300 e. The first-order chi connectivity index (χ1) is 10.1. The van der Waals surface area contributed by atoms with Crippen molar-refractivity contribution in [1.29, 1.82) is 0 Å². The van der Waals surface area contributed by atoms with Crippen LogP contribution in [0.15, 0.2) is 11.1 Å². The highest BCUT2D eigenvalue weighted by Gasteiger charge is 2.27. The van der Waals surface area contributed by atoms with Crippen LogP contribution in [0.2, 0.25) is 0 Å². The third kappa shape index (κ3) is 3.20. The molecule has 1 aliphatic carbocycles. The van der Waals surface area contributed by atoms with Gasteiger partial charge >= 0.3 is 0 Å². The zero-order chi connectivity index (χ0) is 14.8. The molecule has 21 heavy (non-hydrogen) atoms. The van der Waals surface area contributed by atoms with Crippen LogP contribution in [0.1, 0.15) is 49.8 Å².